The Morgan fingerprint density at radius 1 is 1.10 bits per heavy atom. The van der Waals surface area contributed by atoms with Crippen molar-refractivity contribution >= 4 is 17.2 Å². The molecule has 0 aliphatic heterocycles. The second-order valence-electron chi connectivity index (χ2n) is 6.80. The maximum atomic E-state index is 13.3. The van der Waals surface area contributed by atoms with Crippen LogP contribution in [0.15, 0.2) is 65.7 Å². The average Bonchev–Trinajstić information content (AvgIpc) is 3.23. The SMILES string of the molecule is COc1cc(-n2cnc3ccc(-c4ccc(Cl)cc4)n3c2=O)ccc1OCC(O)CO. The molecule has 0 spiro atoms. The summed E-state index contributed by atoms with van der Waals surface area (Å²) in [6.07, 6.45) is 0.451. The summed E-state index contributed by atoms with van der Waals surface area (Å²) in [5.74, 6) is 0.753. The van der Waals surface area contributed by atoms with E-state index in [0.29, 0.717) is 33.6 Å². The van der Waals surface area contributed by atoms with Crippen LogP contribution >= 0.6 is 11.6 Å². The Morgan fingerprint density at radius 3 is 2.58 bits per heavy atom. The van der Waals surface area contributed by atoms with E-state index in [0.717, 1.165) is 5.56 Å². The standard InChI is InChI=1S/C22H20ClN3O5/c1-30-20-10-16(6-8-19(20)31-12-17(28)11-27)25-13-24-21-9-7-18(26(21)22(25)29)14-2-4-15(23)5-3-14/h2-10,13,17,27-28H,11-12H2,1H3. The van der Waals surface area contributed by atoms with Gasteiger partial charge in [-0.1, -0.05) is 23.7 Å². The number of nitrogens with zero attached hydrogens (tertiary/aromatic N) is 3. The Kier molecular flexibility index (Phi) is 5.94. The zero-order valence-corrected chi connectivity index (χ0v) is 17.4. The zero-order chi connectivity index (χ0) is 22.0. The second-order valence-corrected chi connectivity index (χ2v) is 7.24. The number of aromatic nitrogens is 3. The van der Waals surface area contributed by atoms with E-state index in [-0.39, 0.29) is 12.3 Å². The van der Waals surface area contributed by atoms with Gasteiger partial charge < -0.3 is 19.7 Å². The number of ether oxygens (including phenoxy) is 2. The highest BCUT2D eigenvalue weighted by Gasteiger charge is 2.14. The van der Waals surface area contributed by atoms with Crippen molar-refractivity contribution in [1.82, 2.24) is 14.0 Å². The number of aliphatic hydroxyl groups excluding tert-OH is 2. The van der Waals surface area contributed by atoms with Crippen LogP contribution < -0.4 is 15.2 Å². The van der Waals surface area contributed by atoms with Crippen molar-refractivity contribution in [2.24, 2.45) is 0 Å². The minimum Gasteiger partial charge on any atom is -0.493 e. The number of benzene rings is 2. The van der Waals surface area contributed by atoms with E-state index in [1.807, 2.05) is 18.2 Å². The molecule has 0 radical (unpaired) electrons. The Labute approximate surface area is 182 Å². The van der Waals surface area contributed by atoms with E-state index >= 15 is 0 Å². The van der Waals surface area contributed by atoms with Gasteiger partial charge in [0, 0.05) is 11.1 Å². The molecule has 2 aromatic carbocycles. The first kappa shape index (κ1) is 20.9. The molecule has 1 atom stereocenters. The number of methoxy groups -OCH3 is 1. The molecule has 2 aromatic heterocycles. The molecule has 1 unspecified atom stereocenters. The number of rotatable bonds is 7. The molecular formula is C22H20ClN3O5. The van der Waals surface area contributed by atoms with Crippen LogP contribution in [0.3, 0.4) is 0 Å². The quantitative estimate of drug-likeness (QED) is 0.457. The number of hydrogen-bond donors (Lipinski definition) is 2. The monoisotopic (exact) mass is 441 g/mol. The molecule has 0 saturated carbocycles. The fourth-order valence-corrected chi connectivity index (χ4v) is 3.31. The van der Waals surface area contributed by atoms with Crippen molar-refractivity contribution in [2.75, 3.05) is 20.3 Å². The third-order valence-corrected chi connectivity index (χ3v) is 5.02. The molecule has 0 aliphatic carbocycles. The maximum Gasteiger partial charge on any atom is 0.340 e. The minimum atomic E-state index is -1.00. The predicted molar refractivity (Wildman–Crippen MR) is 116 cm³/mol. The van der Waals surface area contributed by atoms with Gasteiger partial charge in [0.2, 0.25) is 0 Å². The lowest BCUT2D eigenvalue weighted by molar-refractivity contribution is 0.0527. The van der Waals surface area contributed by atoms with Gasteiger partial charge in [-0.05, 0) is 42.0 Å². The summed E-state index contributed by atoms with van der Waals surface area (Å²) in [6, 6.07) is 15.8. The van der Waals surface area contributed by atoms with Gasteiger partial charge in [-0.2, -0.15) is 0 Å². The molecule has 0 bridgehead atoms. The molecule has 0 aliphatic rings. The summed E-state index contributed by atoms with van der Waals surface area (Å²) in [4.78, 5) is 17.7. The maximum absolute atomic E-state index is 13.3. The van der Waals surface area contributed by atoms with Gasteiger partial charge >= 0.3 is 5.69 Å². The Morgan fingerprint density at radius 2 is 1.87 bits per heavy atom. The number of aliphatic hydroxyl groups is 2. The molecule has 0 fully saturated rings. The van der Waals surface area contributed by atoms with Gasteiger partial charge in [0.25, 0.3) is 0 Å². The summed E-state index contributed by atoms with van der Waals surface area (Å²) < 4.78 is 13.8. The summed E-state index contributed by atoms with van der Waals surface area (Å²) in [7, 11) is 1.48. The van der Waals surface area contributed by atoms with Crippen molar-refractivity contribution in [3.05, 3.63) is 76.4 Å². The lowest BCUT2D eigenvalue weighted by Gasteiger charge is -2.15. The van der Waals surface area contributed by atoms with E-state index in [9.17, 15) is 9.90 Å². The highest BCUT2D eigenvalue weighted by atomic mass is 35.5. The molecular weight excluding hydrogens is 422 g/mol. The summed E-state index contributed by atoms with van der Waals surface area (Å²) in [5, 5.41) is 19.0. The fraction of sp³-hybridized carbons (Fsp3) is 0.182. The Hall–Kier alpha value is -3.33. The summed E-state index contributed by atoms with van der Waals surface area (Å²) >= 11 is 5.98. The lowest BCUT2D eigenvalue weighted by atomic mass is 10.1. The van der Waals surface area contributed by atoms with Gasteiger partial charge in [-0.25, -0.2) is 14.2 Å². The van der Waals surface area contributed by atoms with Crippen LogP contribution in [0.2, 0.25) is 5.02 Å². The van der Waals surface area contributed by atoms with Crippen LogP contribution in [0.1, 0.15) is 0 Å². The molecule has 9 heteroatoms. The minimum absolute atomic E-state index is 0.0898. The topological polar surface area (TPSA) is 98.2 Å². The highest BCUT2D eigenvalue weighted by Crippen LogP contribution is 2.29. The van der Waals surface area contributed by atoms with Gasteiger partial charge in [0.15, 0.2) is 11.5 Å². The van der Waals surface area contributed by atoms with Crippen molar-refractivity contribution in [3.63, 3.8) is 0 Å². The second kappa shape index (κ2) is 8.81. The largest absolute Gasteiger partial charge is 0.493 e. The predicted octanol–water partition coefficient (Wildman–Crippen LogP) is 2.55. The molecule has 2 N–H and O–H groups in total. The van der Waals surface area contributed by atoms with Crippen molar-refractivity contribution in [2.45, 2.75) is 6.10 Å². The normalized spacial score (nSPS) is 12.1. The number of fused-ring (bicyclic) bond motifs is 1. The van der Waals surface area contributed by atoms with Gasteiger partial charge in [-0.15, -0.1) is 0 Å². The first-order chi connectivity index (χ1) is 15.0. The van der Waals surface area contributed by atoms with Gasteiger partial charge in [0.05, 0.1) is 25.1 Å². The van der Waals surface area contributed by atoms with E-state index in [1.54, 1.807) is 36.4 Å². The Bertz CT molecular complexity index is 1270. The fourth-order valence-electron chi connectivity index (χ4n) is 3.19. The van der Waals surface area contributed by atoms with Crippen LogP contribution in [0.25, 0.3) is 22.6 Å². The Balaban J connectivity index is 1.76. The average molecular weight is 442 g/mol. The van der Waals surface area contributed by atoms with Gasteiger partial charge in [0.1, 0.15) is 24.7 Å². The van der Waals surface area contributed by atoms with Crippen LogP contribution in [0.5, 0.6) is 11.5 Å². The molecule has 0 saturated heterocycles. The van der Waals surface area contributed by atoms with E-state index in [4.69, 9.17) is 26.2 Å². The van der Waals surface area contributed by atoms with E-state index in [2.05, 4.69) is 4.98 Å². The first-order valence-corrected chi connectivity index (χ1v) is 9.85. The molecule has 4 aromatic rings. The van der Waals surface area contributed by atoms with Crippen LogP contribution in [-0.2, 0) is 0 Å². The smallest absolute Gasteiger partial charge is 0.340 e. The summed E-state index contributed by atoms with van der Waals surface area (Å²) in [5.41, 5.74) is 2.29. The molecule has 2 heterocycles. The third kappa shape index (κ3) is 4.13. The highest BCUT2D eigenvalue weighted by molar-refractivity contribution is 6.30. The number of halogens is 1. The van der Waals surface area contributed by atoms with Crippen molar-refractivity contribution < 1.29 is 19.7 Å². The third-order valence-electron chi connectivity index (χ3n) is 4.77. The van der Waals surface area contributed by atoms with Gasteiger partial charge in [-0.3, -0.25) is 4.57 Å². The van der Waals surface area contributed by atoms with Crippen molar-refractivity contribution in [3.8, 4) is 28.4 Å². The van der Waals surface area contributed by atoms with Crippen LogP contribution in [-0.4, -0.2) is 50.6 Å². The first-order valence-electron chi connectivity index (χ1n) is 9.47. The molecule has 4 rings (SSSR count). The molecule has 160 valence electrons. The van der Waals surface area contributed by atoms with E-state index < -0.39 is 12.7 Å². The molecule has 31 heavy (non-hydrogen) atoms. The zero-order valence-electron chi connectivity index (χ0n) is 16.6. The number of hydrogen-bond acceptors (Lipinski definition) is 6. The lowest BCUT2D eigenvalue weighted by Crippen LogP contribution is -2.26. The van der Waals surface area contributed by atoms with E-state index in [1.165, 1.54) is 22.4 Å². The van der Waals surface area contributed by atoms with Crippen molar-refractivity contribution in [1.29, 1.82) is 0 Å². The molecule has 0 amide bonds. The van der Waals surface area contributed by atoms with Crippen LogP contribution in [0.4, 0.5) is 0 Å². The summed E-state index contributed by atoms with van der Waals surface area (Å²) in [6.45, 7) is -0.498. The molecule has 8 nitrogen and oxygen atoms in total. The van der Waals surface area contributed by atoms with Crippen LogP contribution in [0, 0.1) is 0 Å².